The number of aryl methyl sites for hydroxylation is 2. The van der Waals surface area contributed by atoms with E-state index in [9.17, 15) is 4.79 Å². The second-order valence-corrected chi connectivity index (χ2v) is 6.23. The molecule has 0 unspecified atom stereocenters. The first-order valence-corrected chi connectivity index (χ1v) is 9.06. The van der Waals surface area contributed by atoms with Gasteiger partial charge in [0.1, 0.15) is 0 Å². The van der Waals surface area contributed by atoms with Crippen molar-refractivity contribution in [2.24, 2.45) is 0 Å². The molecule has 2 aromatic carbocycles. The topological polar surface area (TPSA) is 57.3 Å². The quantitative estimate of drug-likeness (QED) is 0.548. The number of ether oxygens (including phenoxy) is 1. The Labute approximate surface area is 153 Å². The zero-order chi connectivity index (χ0) is 18.2. The van der Waals surface area contributed by atoms with Gasteiger partial charge in [0, 0.05) is 13.0 Å². The van der Waals surface area contributed by atoms with Crippen LogP contribution in [0.1, 0.15) is 36.8 Å². The van der Waals surface area contributed by atoms with Crippen molar-refractivity contribution in [2.45, 2.75) is 39.2 Å². The van der Waals surface area contributed by atoms with Crippen molar-refractivity contribution >= 4 is 0 Å². The van der Waals surface area contributed by atoms with Crippen LogP contribution in [-0.4, -0.2) is 16.4 Å². The molecule has 0 spiro atoms. The second-order valence-electron chi connectivity index (χ2n) is 6.23. The molecule has 0 saturated heterocycles. The summed E-state index contributed by atoms with van der Waals surface area (Å²) in [4.78, 5) is 12.0. The average Bonchev–Trinajstić information content (AvgIpc) is 3.04. The maximum absolute atomic E-state index is 12.0. The Bertz CT molecular complexity index is 851. The van der Waals surface area contributed by atoms with Gasteiger partial charge in [-0.2, -0.15) is 4.68 Å². The summed E-state index contributed by atoms with van der Waals surface area (Å²) in [5.74, 6) is -0.00982. The Hall–Kier alpha value is -2.66. The van der Waals surface area contributed by atoms with Gasteiger partial charge >= 0.3 is 5.76 Å². The molecule has 3 aromatic rings. The fourth-order valence-electron chi connectivity index (χ4n) is 2.76. The van der Waals surface area contributed by atoms with E-state index in [2.05, 4.69) is 12.0 Å². The maximum atomic E-state index is 12.0. The summed E-state index contributed by atoms with van der Waals surface area (Å²) in [7, 11) is 0. The van der Waals surface area contributed by atoms with Crippen molar-refractivity contribution in [2.75, 3.05) is 6.61 Å². The summed E-state index contributed by atoms with van der Waals surface area (Å²) in [6.07, 6.45) is 3.45. The fourth-order valence-corrected chi connectivity index (χ4v) is 2.76. The molecule has 5 nitrogen and oxygen atoms in total. The summed E-state index contributed by atoms with van der Waals surface area (Å²) in [6.45, 7) is 3.33. The standard InChI is InChI=1S/C21H24N2O3/c1-2-7-17-11-13-19(14-12-17)23-21(24)26-20(22-23)10-6-15-25-16-18-8-4-3-5-9-18/h3-5,8-9,11-14H,2,6-7,10,15-16H2,1H3. The van der Waals surface area contributed by atoms with Crippen molar-refractivity contribution in [1.82, 2.24) is 9.78 Å². The molecular weight excluding hydrogens is 328 g/mol. The minimum atomic E-state index is -0.451. The van der Waals surface area contributed by atoms with E-state index in [1.165, 1.54) is 10.2 Å². The highest BCUT2D eigenvalue weighted by molar-refractivity contribution is 5.33. The molecule has 0 atom stereocenters. The number of benzene rings is 2. The van der Waals surface area contributed by atoms with Gasteiger partial charge in [-0.15, -0.1) is 5.10 Å². The highest BCUT2D eigenvalue weighted by Gasteiger charge is 2.09. The van der Waals surface area contributed by atoms with E-state index in [1.54, 1.807) is 0 Å². The molecular formula is C21H24N2O3. The molecule has 1 aromatic heterocycles. The van der Waals surface area contributed by atoms with Crippen LogP contribution in [0.15, 0.2) is 63.8 Å². The minimum absolute atomic E-state index is 0.441. The van der Waals surface area contributed by atoms with E-state index >= 15 is 0 Å². The van der Waals surface area contributed by atoms with Crippen LogP contribution in [0.2, 0.25) is 0 Å². The molecule has 0 N–H and O–H groups in total. The van der Waals surface area contributed by atoms with Crippen molar-refractivity contribution < 1.29 is 9.15 Å². The Morgan fingerprint density at radius 1 is 1.00 bits per heavy atom. The molecule has 0 saturated carbocycles. The molecule has 3 rings (SSSR count). The van der Waals surface area contributed by atoms with Crippen LogP contribution < -0.4 is 5.76 Å². The SMILES string of the molecule is CCCc1ccc(-n2nc(CCCOCc3ccccc3)oc2=O)cc1. The molecule has 136 valence electrons. The van der Waals surface area contributed by atoms with Crippen LogP contribution in [0.5, 0.6) is 0 Å². The van der Waals surface area contributed by atoms with E-state index in [0.29, 0.717) is 25.5 Å². The molecule has 0 aliphatic rings. The third-order valence-electron chi connectivity index (χ3n) is 4.10. The number of hydrogen-bond donors (Lipinski definition) is 0. The molecule has 0 aliphatic carbocycles. The lowest BCUT2D eigenvalue weighted by Gasteiger charge is -2.03. The predicted molar refractivity (Wildman–Crippen MR) is 101 cm³/mol. The zero-order valence-electron chi connectivity index (χ0n) is 15.1. The molecule has 0 aliphatic heterocycles. The van der Waals surface area contributed by atoms with Gasteiger partial charge in [0.05, 0.1) is 12.3 Å². The summed E-state index contributed by atoms with van der Waals surface area (Å²) >= 11 is 0. The number of hydrogen-bond acceptors (Lipinski definition) is 4. The maximum Gasteiger partial charge on any atom is 0.441 e. The highest BCUT2D eigenvalue weighted by Crippen LogP contribution is 2.10. The molecule has 0 amide bonds. The molecule has 0 radical (unpaired) electrons. The van der Waals surface area contributed by atoms with Gasteiger partial charge in [0.2, 0.25) is 5.89 Å². The third kappa shape index (κ3) is 4.92. The Kier molecular flexibility index (Phi) is 6.39. The van der Waals surface area contributed by atoms with Gasteiger partial charge in [-0.1, -0.05) is 55.8 Å². The molecule has 26 heavy (non-hydrogen) atoms. The summed E-state index contributed by atoms with van der Waals surface area (Å²) < 4.78 is 12.2. The lowest BCUT2D eigenvalue weighted by atomic mass is 10.1. The predicted octanol–water partition coefficient (Wildman–Crippen LogP) is 3.93. The number of rotatable bonds is 9. The normalized spacial score (nSPS) is 11.0. The third-order valence-corrected chi connectivity index (χ3v) is 4.10. The molecule has 5 heteroatoms. The van der Waals surface area contributed by atoms with E-state index < -0.39 is 5.76 Å². The fraction of sp³-hybridized carbons (Fsp3) is 0.333. The Morgan fingerprint density at radius 2 is 1.77 bits per heavy atom. The number of nitrogens with zero attached hydrogens (tertiary/aromatic N) is 2. The first-order chi connectivity index (χ1) is 12.8. The Morgan fingerprint density at radius 3 is 2.50 bits per heavy atom. The van der Waals surface area contributed by atoms with Gasteiger partial charge in [-0.25, -0.2) is 4.79 Å². The van der Waals surface area contributed by atoms with Crippen LogP contribution in [0.25, 0.3) is 5.69 Å². The van der Waals surface area contributed by atoms with Gasteiger partial charge in [-0.3, -0.25) is 0 Å². The van der Waals surface area contributed by atoms with Crippen molar-refractivity contribution in [3.63, 3.8) is 0 Å². The van der Waals surface area contributed by atoms with Crippen LogP contribution in [-0.2, 0) is 24.2 Å². The second kappa shape index (κ2) is 9.15. The van der Waals surface area contributed by atoms with Crippen molar-refractivity contribution in [1.29, 1.82) is 0 Å². The average molecular weight is 352 g/mol. The van der Waals surface area contributed by atoms with Gasteiger partial charge in [0.25, 0.3) is 0 Å². The van der Waals surface area contributed by atoms with E-state index in [-0.39, 0.29) is 0 Å². The van der Waals surface area contributed by atoms with Crippen LogP contribution in [0.3, 0.4) is 0 Å². The Balaban J connectivity index is 1.50. The lowest BCUT2D eigenvalue weighted by Crippen LogP contribution is -2.13. The summed E-state index contributed by atoms with van der Waals surface area (Å²) in [5, 5.41) is 4.29. The molecule has 0 bridgehead atoms. The van der Waals surface area contributed by atoms with Crippen LogP contribution in [0, 0.1) is 0 Å². The lowest BCUT2D eigenvalue weighted by molar-refractivity contribution is 0.117. The minimum Gasteiger partial charge on any atom is -0.392 e. The van der Waals surface area contributed by atoms with E-state index in [0.717, 1.165) is 30.5 Å². The summed E-state index contributed by atoms with van der Waals surface area (Å²) in [5.41, 5.74) is 3.13. The first kappa shape index (κ1) is 18.1. The smallest absolute Gasteiger partial charge is 0.392 e. The highest BCUT2D eigenvalue weighted by atomic mass is 16.5. The van der Waals surface area contributed by atoms with Crippen LogP contribution >= 0.6 is 0 Å². The van der Waals surface area contributed by atoms with E-state index in [1.807, 2.05) is 54.6 Å². The van der Waals surface area contributed by atoms with Gasteiger partial charge in [-0.05, 0) is 36.1 Å². The summed E-state index contributed by atoms with van der Waals surface area (Å²) in [6, 6.07) is 17.9. The monoisotopic (exact) mass is 352 g/mol. The van der Waals surface area contributed by atoms with Gasteiger partial charge < -0.3 is 9.15 Å². The number of aromatic nitrogens is 2. The first-order valence-electron chi connectivity index (χ1n) is 9.06. The van der Waals surface area contributed by atoms with Crippen molar-refractivity contribution in [3.05, 3.63) is 82.2 Å². The zero-order valence-corrected chi connectivity index (χ0v) is 15.1. The largest absolute Gasteiger partial charge is 0.441 e. The van der Waals surface area contributed by atoms with Crippen molar-refractivity contribution in [3.8, 4) is 5.69 Å². The van der Waals surface area contributed by atoms with Crippen LogP contribution in [0.4, 0.5) is 0 Å². The van der Waals surface area contributed by atoms with Gasteiger partial charge in [0.15, 0.2) is 0 Å². The van der Waals surface area contributed by atoms with E-state index in [4.69, 9.17) is 9.15 Å². The molecule has 0 fully saturated rings. The molecule has 1 heterocycles.